The van der Waals surface area contributed by atoms with E-state index in [4.69, 9.17) is 5.10 Å². The predicted octanol–water partition coefficient (Wildman–Crippen LogP) is 4.77. The van der Waals surface area contributed by atoms with Gasteiger partial charge >= 0.3 is 0 Å². The third-order valence-corrected chi connectivity index (χ3v) is 5.58. The zero-order chi connectivity index (χ0) is 22.0. The minimum absolute atomic E-state index is 0.210. The zero-order valence-electron chi connectivity index (χ0n) is 17.8. The summed E-state index contributed by atoms with van der Waals surface area (Å²) in [6, 6.07) is 9.95. The van der Waals surface area contributed by atoms with Crippen LogP contribution in [0.1, 0.15) is 45.2 Å². The van der Waals surface area contributed by atoms with Gasteiger partial charge in [0, 0.05) is 42.4 Å². The normalized spacial score (nSPS) is 13.0. The van der Waals surface area contributed by atoms with Crippen molar-refractivity contribution in [1.29, 1.82) is 0 Å². The average molecular weight is 420 g/mol. The quantitative estimate of drug-likeness (QED) is 0.596. The predicted molar refractivity (Wildman–Crippen MR) is 117 cm³/mol. The van der Waals surface area contributed by atoms with Gasteiger partial charge in [-0.3, -0.25) is 14.3 Å². The molecule has 31 heavy (non-hydrogen) atoms. The summed E-state index contributed by atoms with van der Waals surface area (Å²) in [6.45, 7) is 4.28. The van der Waals surface area contributed by atoms with Gasteiger partial charge in [-0.25, -0.2) is 14.3 Å². The molecule has 0 spiro atoms. The maximum absolute atomic E-state index is 13.5. The highest BCUT2D eigenvalue weighted by Crippen LogP contribution is 2.38. The monoisotopic (exact) mass is 420 g/mol. The lowest BCUT2D eigenvalue weighted by atomic mass is 9.96. The SMILES string of the molecule is CCC(=O)N(C(=O)CC)c1cc(-c2c(-c3ccc(F)cc3)nn3c2CCCC3)ccn1. The molecule has 1 aliphatic rings. The first-order valence-corrected chi connectivity index (χ1v) is 10.7. The number of imide groups is 1. The van der Waals surface area contributed by atoms with E-state index in [-0.39, 0.29) is 30.5 Å². The van der Waals surface area contributed by atoms with Crippen LogP contribution in [0.3, 0.4) is 0 Å². The molecule has 0 radical (unpaired) electrons. The average Bonchev–Trinajstić information content (AvgIpc) is 3.19. The van der Waals surface area contributed by atoms with E-state index in [2.05, 4.69) is 4.98 Å². The summed E-state index contributed by atoms with van der Waals surface area (Å²) in [4.78, 5) is 30.4. The number of rotatable bonds is 5. The number of amides is 2. The lowest BCUT2D eigenvalue weighted by Crippen LogP contribution is -2.36. The third kappa shape index (κ3) is 4.00. The molecule has 160 valence electrons. The van der Waals surface area contributed by atoms with Crippen molar-refractivity contribution in [2.45, 2.75) is 52.5 Å². The van der Waals surface area contributed by atoms with E-state index in [1.165, 1.54) is 12.1 Å². The standard InChI is InChI=1S/C24H25FN4O2/c1-3-21(30)29(22(31)4-2)20-15-17(12-13-26-20)23-19-7-5-6-14-28(19)27-24(23)16-8-10-18(25)11-9-16/h8-13,15H,3-7,14H2,1-2H3. The molecule has 1 aromatic carbocycles. The van der Waals surface area contributed by atoms with Gasteiger partial charge in [0.25, 0.3) is 0 Å². The molecule has 6 nitrogen and oxygen atoms in total. The van der Waals surface area contributed by atoms with Gasteiger partial charge in [0.2, 0.25) is 11.8 Å². The highest BCUT2D eigenvalue weighted by molar-refractivity contribution is 6.14. The van der Waals surface area contributed by atoms with Gasteiger partial charge in [-0.05, 0) is 61.2 Å². The van der Waals surface area contributed by atoms with Crippen molar-refractivity contribution in [2.75, 3.05) is 4.90 Å². The van der Waals surface area contributed by atoms with Crippen LogP contribution in [-0.4, -0.2) is 26.6 Å². The topological polar surface area (TPSA) is 68.1 Å². The Morgan fingerprint density at radius 1 is 1.03 bits per heavy atom. The fourth-order valence-corrected chi connectivity index (χ4v) is 4.01. The summed E-state index contributed by atoms with van der Waals surface area (Å²) in [5, 5.41) is 4.83. The fourth-order valence-electron chi connectivity index (χ4n) is 4.01. The first kappa shape index (κ1) is 20.9. The summed E-state index contributed by atoms with van der Waals surface area (Å²) >= 11 is 0. The Morgan fingerprint density at radius 3 is 2.42 bits per heavy atom. The number of hydrogen-bond acceptors (Lipinski definition) is 4. The maximum Gasteiger partial charge on any atom is 0.234 e. The number of hydrogen-bond donors (Lipinski definition) is 0. The van der Waals surface area contributed by atoms with Crippen molar-refractivity contribution in [3.05, 3.63) is 54.1 Å². The zero-order valence-corrected chi connectivity index (χ0v) is 17.8. The first-order valence-electron chi connectivity index (χ1n) is 10.7. The summed E-state index contributed by atoms with van der Waals surface area (Å²) in [5.74, 6) is -0.552. The van der Waals surface area contributed by atoms with Crippen molar-refractivity contribution in [1.82, 2.24) is 14.8 Å². The highest BCUT2D eigenvalue weighted by atomic mass is 19.1. The van der Waals surface area contributed by atoms with Crippen LogP contribution in [0.5, 0.6) is 0 Å². The molecule has 1 aliphatic heterocycles. The number of pyridine rings is 1. The summed E-state index contributed by atoms with van der Waals surface area (Å²) in [7, 11) is 0. The number of halogens is 1. The van der Waals surface area contributed by atoms with Crippen LogP contribution in [-0.2, 0) is 22.6 Å². The number of anilines is 1. The van der Waals surface area contributed by atoms with Gasteiger partial charge in [0.05, 0.1) is 0 Å². The Hall–Kier alpha value is -3.35. The summed E-state index contributed by atoms with van der Waals surface area (Å²) in [5.41, 5.74) is 4.48. The van der Waals surface area contributed by atoms with E-state index in [1.807, 2.05) is 10.7 Å². The largest absolute Gasteiger partial charge is 0.274 e. The van der Waals surface area contributed by atoms with Crippen LogP contribution in [0.25, 0.3) is 22.4 Å². The van der Waals surface area contributed by atoms with Crippen molar-refractivity contribution < 1.29 is 14.0 Å². The molecule has 0 fully saturated rings. The Morgan fingerprint density at radius 2 is 1.74 bits per heavy atom. The number of fused-ring (bicyclic) bond motifs is 1. The number of benzene rings is 1. The molecule has 4 rings (SSSR count). The number of carbonyl (C=O) groups excluding carboxylic acids is 2. The molecule has 0 aliphatic carbocycles. The van der Waals surface area contributed by atoms with Gasteiger partial charge in [-0.2, -0.15) is 5.10 Å². The van der Waals surface area contributed by atoms with Gasteiger partial charge in [0.1, 0.15) is 17.3 Å². The number of aromatic nitrogens is 3. The van der Waals surface area contributed by atoms with E-state index in [1.54, 1.807) is 38.2 Å². The second-order valence-electron chi connectivity index (χ2n) is 7.59. The molecule has 0 bridgehead atoms. The smallest absolute Gasteiger partial charge is 0.234 e. The molecule has 0 unspecified atom stereocenters. The van der Waals surface area contributed by atoms with Crippen LogP contribution < -0.4 is 4.90 Å². The Kier molecular flexibility index (Phi) is 5.93. The fraction of sp³-hybridized carbons (Fsp3) is 0.333. The molecule has 2 aromatic heterocycles. The van der Waals surface area contributed by atoms with Gasteiger partial charge in [-0.1, -0.05) is 13.8 Å². The molecule has 3 aromatic rings. The third-order valence-electron chi connectivity index (χ3n) is 5.58. The molecule has 0 saturated heterocycles. The number of aryl methyl sites for hydroxylation is 1. The molecule has 0 N–H and O–H groups in total. The van der Waals surface area contributed by atoms with Crippen molar-refractivity contribution in [3.63, 3.8) is 0 Å². The van der Waals surface area contributed by atoms with Crippen molar-refractivity contribution in [3.8, 4) is 22.4 Å². The minimum Gasteiger partial charge on any atom is -0.274 e. The lowest BCUT2D eigenvalue weighted by molar-refractivity contribution is -0.126. The molecule has 3 heterocycles. The van der Waals surface area contributed by atoms with Gasteiger partial charge in [0.15, 0.2) is 0 Å². The molecule has 7 heteroatoms. The van der Waals surface area contributed by atoms with Crippen LogP contribution in [0, 0.1) is 5.82 Å². The first-order chi connectivity index (χ1) is 15.0. The second-order valence-corrected chi connectivity index (χ2v) is 7.59. The maximum atomic E-state index is 13.5. The summed E-state index contributed by atoms with van der Waals surface area (Å²) < 4.78 is 15.5. The summed E-state index contributed by atoms with van der Waals surface area (Å²) in [6.07, 6.45) is 5.04. The van der Waals surface area contributed by atoms with Crippen LogP contribution >= 0.6 is 0 Å². The van der Waals surface area contributed by atoms with Crippen molar-refractivity contribution in [2.24, 2.45) is 0 Å². The Balaban J connectivity index is 1.87. The molecule has 2 amide bonds. The van der Waals surface area contributed by atoms with Gasteiger partial charge in [-0.15, -0.1) is 0 Å². The highest BCUT2D eigenvalue weighted by Gasteiger charge is 2.26. The Labute approximate surface area is 180 Å². The minimum atomic E-state index is -0.299. The van der Waals surface area contributed by atoms with E-state index >= 15 is 0 Å². The van der Waals surface area contributed by atoms with E-state index in [0.29, 0.717) is 5.82 Å². The lowest BCUT2D eigenvalue weighted by Gasteiger charge is -2.20. The van der Waals surface area contributed by atoms with Crippen LogP contribution in [0.2, 0.25) is 0 Å². The molecular formula is C24H25FN4O2. The number of nitrogens with zero attached hydrogens (tertiary/aromatic N) is 4. The molecular weight excluding hydrogens is 395 g/mol. The van der Waals surface area contributed by atoms with Crippen molar-refractivity contribution >= 4 is 17.6 Å². The van der Waals surface area contributed by atoms with Crippen LogP contribution in [0.15, 0.2) is 42.6 Å². The van der Waals surface area contributed by atoms with Gasteiger partial charge < -0.3 is 0 Å². The number of carbonyl (C=O) groups is 2. The second kappa shape index (κ2) is 8.79. The van der Waals surface area contributed by atoms with E-state index < -0.39 is 0 Å². The van der Waals surface area contributed by atoms with Crippen LogP contribution in [0.4, 0.5) is 10.2 Å². The molecule has 0 saturated carbocycles. The van der Waals surface area contributed by atoms with E-state index in [9.17, 15) is 14.0 Å². The Bertz CT molecular complexity index is 1110. The molecule has 0 atom stereocenters. The van der Waals surface area contributed by atoms with E-state index in [0.717, 1.165) is 58.8 Å².